The minimum absolute atomic E-state index is 0.142. The van der Waals surface area contributed by atoms with Crippen LogP contribution in [0.15, 0.2) is 0 Å². The molecule has 3 unspecified atom stereocenters. The Morgan fingerprint density at radius 2 is 2.23 bits per heavy atom. The fourth-order valence-corrected chi connectivity index (χ4v) is 2.07. The van der Waals surface area contributed by atoms with E-state index in [-0.39, 0.29) is 17.9 Å². The second-order valence-corrected chi connectivity index (χ2v) is 3.95. The number of amides is 1. The van der Waals surface area contributed by atoms with Crippen LogP contribution in [0, 0.1) is 11.8 Å². The predicted octanol–water partition coefficient (Wildman–Crippen LogP) is 0.886. The van der Waals surface area contributed by atoms with E-state index in [0.29, 0.717) is 5.92 Å². The summed E-state index contributed by atoms with van der Waals surface area (Å²) in [4.78, 5) is 11.6. The summed E-state index contributed by atoms with van der Waals surface area (Å²) in [7, 11) is 0. The Hall–Kier alpha value is -0.570. The lowest BCUT2D eigenvalue weighted by atomic mass is 9.77. The molecule has 0 bridgehead atoms. The summed E-state index contributed by atoms with van der Waals surface area (Å²) in [5.41, 5.74) is 5.92. The largest absolute Gasteiger partial charge is 0.356 e. The van der Waals surface area contributed by atoms with Crippen molar-refractivity contribution in [3.05, 3.63) is 0 Å². The van der Waals surface area contributed by atoms with E-state index >= 15 is 0 Å². The lowest BCUT2D eigenvalue weighted by Crippen LogP contribution is -2.44. The van der Waals surface area contributed by atoms with Gasteiger partial charge in [0.2, 0.25) is 5.91 Å². The van der Waals surface area contributed by atoms with Crippen LogP contribution in [0.5, 0.6) is 0 Å². The van der Waals surface area contributed by atoms with Gasteiger partial charge in [-0.15, -0.1) is 0 Å². The zero-order valence-corrected chi connectivity index (χ0v) is 8.55. The molecule has 1 saturated carbocycles. The maximum atomic E-state index is 11.6. The summed E-state index contributed by atoms with van der Waals surface area (Å²) in [5.74, 6) is 0.661. The molecule has 0 aromatic rings. The third kappa shape index (κ3) is 2.44. The van der Waals surface area contributed by atoms with Crippen LogP contribution in [0.3, 0.4) is 0 Å². The topological polar surface area (TPSA) is 55.1 Å². The Morgan fingerprint density at radius 1 is 1.54 bits per heavy atom. The highest BCUT2D eigenvalue weighted by Crippen LogP contribution is 2.28. The first-order valence-corrected chi connectivity index (χ1v) is 5.20. The van der Waals surface area contributed by atoms with Gasteiger partial charge in [-0.05, 0) is 25.7 Å². The summed E-state index contributed by atoms with van der Waals surface area (Å²) in [6.07, 6.45) is 3.16. The first-order chi connectivity index (χ1) is 6.16. The number of nitrogens with one attached hydrogen (secondary N) is 1. The fourth-order valence-electron chi connectivity index (χ4n) is 2.07. The molecule has 3 N–H and O–H groups in total. The molecular weight excluding hydrogens is 164 g/mol. The molecule has 1 aliphatic carbocycles. The average Bonchev–Trinajstić information content (AvgIpc) is 2.10. The number of hydrogen-bond donors (Lipinski definition) is 2. The second kappa shape index (κ2) is 4.61. The van der Waals surface area contributed by atoms with Crippen molar-refractivity contribution in [2.75, 3.05) is 6.54 Å². The molecule has 3 nitrogen and oxygen atoms in total. The van der Waals surface area contributed by atoms with E-state index < -0.39 is 0 Å². The third-order valence-corrected chi connectivity index (χ3v) is 3.05. The van der Waals surface area contributed by atoms with Crippen molar-refractivity contribution in [1.82, 2.24) is 5.32 Å². The van der Waals surface area contributed by atoms with E-state index in [1.165, 1.54) is 0 Å². The molecule has 76 valence electrons. The van der Waals surface area contributed by atoms with Gasteiger partial charge in [0.25, 0.3) is 0 Å². The van der Waals surface area contributed by atoms with Crippen molar-refractivity contribution in [2.24, 2.45) is 17.6 Å². The van der Waals surface area contributed by atoms with Crippen molar-refractivity contribution < 1.29 is 4.79 Å². The van der Waals surface area contributed by atoms with Crippen LogP contribution in [0.4, 0.5) is 0 Å². The summed E-state index contributed by atoms with van der Waals surface area (Å²) in [5, 5.41) is 2.87. The van der Waals surface area contributed by atoms with E-state index in [2.05, 4.69) is 12.2 Å². The van der Waals surface area contributed by atoms with Crippen molar-refractivity contribution >= 4 is 5.91 Å². The van der Waals surface area contributed by atoms with Crippen molar-refractivity contribution in [2.45, 2.75) is 39.2 Å². The standard InChI is InChI=1S/C10H20N2O/c1-3-12-10(13)8-5-4-6-9(11)7(8)2/h7-9H,3-6,11H2,1-2H3,(H,12,13). The quantitative estimate of drug-likeness (QED) is 0.669. The van der Waals surface area contributed by atoms with Crippen LogP contribution in [-0.4, -0.2) is 18.5 Å². The molecule has 0 aromatic carbocycles. The van der Waals surface area contributed by atoms with Gasteiger partial charge in [0.05, 0.1) is 0 Å². The summed E-state index contributed by atoms with van der Waals surface area (Å²) < 4.78 is 0. The molecule has 1 fully saturated rings. The second-order valence-electron chi connectivity index (χ2n) is 3.95. The van der Waals surface area contributed by atoms with Crippen molar-refractivity contribution in [1.29, 1.82) is 0 Å². The Balaban J connectivity index is 2.52. The molecule has 0 spiro atoms. The van der Waals surface area contributed by atoms with Crippen LogP contribution in [0.2, 0.25) is 0 Å². The Labute approximate surface area is 80.1 Å². The van der Waals surface area contributed by atoms with Crippen LogP contribution in [0.25, 0.3) is 0 Å². The highest BCUT2D eigenvalue weighted by molar-refractivity contribution is 5.79. The molecular formula is C10H20N2O. The van der Waals surface area contributed by atoms with Crippen LogP contribution in [0.1, 0.15) is 33.1 Å². The van der Waals surface area contributed by atoms with E-state index in [4.69, 9.17) is 5.73 Å². The maximum Gasteiger partial charge on any atom is 0.223 e. The summed E-state index contributed by atoms with van der Waals surface area (Å²) in [6, 6.07) is 0.210. The van der Waals surface area contributed by atoms with Gasteiger partial charge >= 0.3 is 0 Å². The maximum absolute atomic E-state index is 11.6. The predicted molar refractivity (Wildman–Crippen MR) is 53.2 cm³/mol. The van der Waals surface area contributed by atoms with Gasteiger partial charge in [-0.2, -0.15) is 0 Å². The third-order valence-electron chi connectivity index (χ3n) is 3.05. The van der Waals surface area contributed by atoms with E-state index in [1.807, 2.05) is 6.92 Å². The van der Waals surface area contributed by atoms with Crippen molar-refractivity contribution in [3.8, 4) is 0 Å². The zero-order chi connectivity index (χ0) is 9.84. The summed E-state index contributed by atoms with van der Waals surface area (Å²) >= 11 is 0. The van der Waals surface area contributed by atoms with Crippen LogP contribution >= 0.6 is 0 Å². The molecule has 13 heavy (non-hydrogen) atoms. The first kappa shape index (κ1) is 10.5. The lowest BCUT2D eigenvalue weighted by Gasteiger charge is -2.32. The molecule has 0 heterocycles. The van der Waals surface area contributed by atoms with Gasteiger partial charge in [0.15, 0.2) is 0 Å². The normalized spacial score (nSPS) is 34.2. The Kier molecular flexibility index (Phi) is 3.72. The fraction of sp³-hybridized carbons (Fsp3) is 0.900. The first-order valence-electron chi connectivity index (χ1n) is 5.20. The van der Waals surface area contributed by atoms with E-state index in [9.17, 15) is 4.79 Å². The molecule has 0 radical (unpaired) electrons. The molecule has 0 aromatic heterocycles. The molecule has 3 heteroatoms. The Morgan fingerprint density at radius 3 is 2.85 bits per heavy atom. The molecule has 1 rings (SSSR count). The SMILES string of the molecule is CCNC(=O)C1CCCC(N)C1C. The van der Waals surface area contributed by atoms with Gasteiger partial charge in [0.1, 0.15) is 0 Å². The number of carbonyl (C=O) groups excluding carboxylic acids is 1. The smallest absolute Gasteiger partial charge is 0.223 e. The number of rotatable bonds is 2. The molecule has 1 amide bonds. The molecule has 1 aliphatic rings. The van der Waals surface area contributed by atoms with Gasteiger partial charge in [-0.3, -0.25) is 4.79 Å². The Bertz CT molecular complexity index is 182. The monoisotopic (exact) mass is 184 g/mol. The van der Waals surface area contributed by atoms with Gasteiger partial charge in [-0.25, -0.2) is 0 Å². The van der Waals surface area contributed by atoms with Crippen LogP contribution < -0.4 is 11.1 Å². The number of hydrogen-bond acceptors (Lipinski definition) is 2. The lowest BCUT2D eigenvalue weighted by molar-refractivity contribution is -0.127. The minimum Gasteiger partial charge on any atom is -0.356 e. The molecule has 0 saturated heterocycles. The van der Waals surface area contributed by atoms with Gasteiger partial charge in [-0.1, -0.05) is 13.3 Å². The number of nitrogens with two attached hydrogens (primary N) is 1. The molecule has 3 atom stereocenters. The highest BCUT2D eigenvalue weighted by Gasteiger charge is 2.31. The summed E-state index contributed by atoms with van der Waals surface area (Å²) in [6.45, 7) is 4.76. The average molecular weight is 184 g/mol. The zero-order valence-electron chi connectivity index (χ0n) is 8.55. The minimum atomic E-state index is 0.142. The molecule has 0 aliphatic heterocycles. The number of carbonyl (C=O) groups is 1. The van der Waals surface area contributed by atoms with E-state index in [1.54, 1.807) is 0 Å². The van der Waals surface area contributed by atoms with Gasteiger partial charge < -0.3 is 11.1 Å². The highest BCUT2D eigenvalue weighted by atomic mass is 16.1. The van der Waals surface area contributed by atoms with Gasteiger partial charge in [0, 0.05) is 18.5 Å². The van der Waals surface area contributed by atoms with Crippen molar-refractivity contribution in [3.63, 3.8) is 0 Å². The van der Waals surface area contributed by atoms with E-state index in [0.717, 1.165) is 25.8 Å². The van der Waals surface area contributed by atoms with Crippen LogP contribution in [-0.2, 0) is 4.79 Å².